The van der Waals surface area contributed by atoms with Gasteiger partial charge in [-0.3, -0.25) is 4.79 Å². The molecule has 4 rings (SSSR count). The van der Waals surface area contributed by atoms with Crippen molar-refractivity contribution in [3.05, 3.63) is 111 Å². The highest BCUT2D eigenvalue weighted by atomic mass is 35.5. The average Bonchev–Trinajstić information content (AvgIpc) is 3.19. The molecule has 0 heterocycles. The van der Waals surface area contributed by atoms with Gasteiger partial charge in [0.05, 0.1) is 12.1 Å². The summed E-state index contributed by atoms with van der Waals surface area (Å²) in [5.41, 5.74) is 3.42. The fourth-order valence-electron chi connectivity index (χ4n) is 4.01. The molecule has 4 heteroatoms. The first-order valence-electron chi connectivity index (χ1n) is 9.48. The van der Waals surface area contributed by atoms with Gasteiger partial charge in [0.25, 0.3) is 0 Å². The van der Waals surface area contributed by atoms with Gasteiger partial charge in [-0.15, -0.1) is 0 Å². The standard InChI is InChI=1S/C25H20Cl2O2/c1-29-24-9-5-3-6-19(24)21-14-17(16-10-12-18(26)13-11-16)15-22(21)25(28)20-7-2-4-8-23(20)27/h2-13,15,17,21H,14H2,1H3. The first-order chi connectivity index (χ1) is 14.1. The third kappa shape index (κ3) is 3.96. The van der Waals surface area contributed by atoms with E-state index in [2.05, 4.69) is 6.08 Å². The van der Waals surface area contributed by atoms with Gasteiger partial charge in [-0.1, -0.05) is 71.7 Å². The normalized spacial score (nSPS) is 18.4. The van der Waals surface area contributed by atoms with Crippen molar-refractivity contribution in [2.24, 2.45) is 0 Å². The Morgan fingerprint density at radius 3 is 2.34 bits per heavy atom. The Morgan fingerprint density at radius 1 is 0.931 bits per heavy atom. The van der Waals surface area contributed by atoms with Crippen molar-refractivity contribution in [3.8, 4) is 5.75 Å². The van der Waals surface area contributed by atoms with Crippen LogP contribution in [0.3, 0.4) is 0 Å². The molecule has 0 spiro atoms. The summed E-state index contributed by atoms with van der Waals surface area (Å²) in [6, 6.07) is 22.9. The molecule has 0 saturated heterocycles. The van der Waals surface area contributed by atoms with Crippen molar-refractivity contribution in [2.75, 3.05) is 7.11 Å². The molecule has 0 aliphatic heterocycles. The predicted molar refractivity (Wildman–Crippen MR) is 118 cm³/mol. The molecule has 0 radical (unpaired) electrons. The maximum Gasteiger partial charge on any atom is 0.190 e. The molecule has 146 valence electrons. The zero-order valence-electron chi connectivity index (χ0n) is 15.9. The van der Waals surface area contributed by atoms with E-state index in [1.54, 1.807) is 19.2 Å². The Bertz CT molecular complexity index is 1070. The Hall–Kier alpha value is -2.55. The second-order valence-electron chi connectivity index (χ2n) is 7.12. The van der Waals surface area contributed by atoms with E-state index in [4.69, 9.17) is 27.9 Å². The van der Waals surface area contributed by atoms with Crippen LogP contribution in [0.5, 0.6) is 5.75 Å². The van der Waals surface area contributed by atoms with Crippen LogP contribution in [-0.2, 0) is 0 Å². The molecule has 3 aromatic carbocycles. The minimum absolute atomic E-state index is 0.0389. The minimum Gasteiger partial charge on any atom is -0.496 e. The Morgan fingerprint density at radius 2 is 1.62 bits per heavy atom. The van der Waals surface area contributed by atoms with Crippen molar-refractivity contribution in [1.29, 1.82) is 0 Å². The highest BCUT2D eigenvalue weighted by Crippen LogP contribution is 2.47. The summed E-state index contributed by atoms with van der Waals surface area (Å²) >= 11 is 12.4. The number of carbonyl (C=O) groups excluding carboxylic acids is 1. The topological polar surface area (TPSA) is 26.3 Å². The van der Waals surface area contributed by atoms with Crippen LogP contribution in [0.4, 0.5) is 0 Å². The molecular weight excluding hydrogens is 403 g/mol. The van der Waals surface area contributed by atoms with Crippen molar-refractivity contribution in [3.63, 3.8) is 0 Å². The van der Waals surface area contributed by atoms with E-state index in [1.807, 2.05) is 60.7 Å². The molecule has 1 aliphatic rings. The first-order valence-corrected chi connectivity index (χ1v) is 10.2. The molecule has 1 aliphatic carbocycles. The monoisotopic (exact) mass is 422 g/mol. The van der Waals surface area contributed by atoms with Crippen LogP contribution in [0.1, 0.15) is 39.7 Å². The van der Waals surface area contributed by atoms with Gasteiger partial charge in [0, 0.05) is 33.6 Å². The summed E-state index contributed by atoms with van der Waals surface area (Å²) < 4.78 is 5.59. The molecule has 0 N–H and O–H groups in total. The van der Waals surface area contributed by atoms with Gasteiger partial charge in [0.1, 0.15) is 5.75 Å². The molecule has 2 nitrogen and oxygen atoms in total. The van der Waals surface area contributed by atoms with Crippen LogP contribution in [0.25, 0.3) is 0 Å². The number of Topliss-reactive ketones (excluding diaryl/α,β-unsaturated/α-hetero) is 1. The number of para-hydroxylation sites is 1. The summed E-state index contributed by atoms with van der Waals surface area (Å²) in [7, 11) is 1.66. The SMILES string of the molecule is COc1ccccc1C1CC(c2ccc(Cl)cc2)C=C1C(=O)c1ccccc1Cl. The van der Waals surface area contributed by atoms with Gasteiger partial charge in [-0.25, -0.2) is 0 Å². The van der Waals surface area contributed by atoms with Crippen molar-refractivity contribution in [1.82, 2.24) is 0 Å². The van der Waals surface area contributed by atoms with E-state index < -0.39 is 0 Å². The van der Waals surface area contributed by atoms with Gasteiger partial charge in [-0.2, -0.15) is 0 Å². The van der Waals surface area contributed by atoms with Crippen molar-refractivity contribution >= 4 is 29.0 Å². The highest BCUT2D eigenvalue weighted by molar-refractivity contribution is 6.35. The minimum atomic E-state index is -0.0735. The van der Waals surface area contributed by atoms with Crippen LogP contribution in [0, 0.1) is 0 Å². The maximum absolute atomic E-state index is 13.5. The van der Waals surface area contributed by atoms with E-state index in [0.29, 0.717) is 15.6 Å². The smallest absolute Gasteiger partial charge is 0.190 e. The molecule has 0 saturated carbocycles. The predicted octanol–water partition coefficient (Wildman–Crippen LogP) is 7.08. The number of ether oxygens (including phenoxy) is 1. The van der Waals surface area contributed by atoms with E-state index in [-0.39, 0.29) is 17.6 Å². The lowest BCUT2D eigenvalue weighted by atomic mass is 9.86. The zero-order valence-corrected chi connectivity index (χ0v) is 17.5. The molecule has 0 fully saturated rings. The van der Waals surface area contributed by atoms with E-state index in [9.17, 15) is 4.79 Å². The van der Waals surface area contributed by atoms with Crippen LogP contribution in [-0.4, -0.2) is 12.9 Å². The van der Waals surface area contributed by atoms with E-state index in [1.165, 1.54) is 0 Å². The van der Waals surface area contributed by atoms with Crippen LogP contribution >= 0.6 is 23.2 Å². The summed E-state index contributed by atoms with van der Waals surface area (Å²) in [5.74, 6) is 0.786. The van der Waals surface area contributed by atoms with Crippen molar-refractivity contribution < 1.29 is 9.53 Å². The molecule has 2 unspecified atom stereocenters. The van der Waals surface area contributed by atoms with E-state index in [0.717, 1.165) is 28.9 Å². The fourth-order valence-corrected chi connectivity index (χ4v) is 4.36. The van der Waals surface area contributed by atoms with Gasteiger partial charge in [0.15, 0.2) is 5.78 Å². The quantitative estimate of drug-likeness (QED) is 0.410. The number of rotatable bonds is 5. The number of allylic oxidation sites excluding steroid dienone is 2. The lowest BCUT2D eigenvalue weighted by Crippen LogP contribution is -2.11. The maximum atomic E-state index is 13.5. The number of hydrogen-bond donors (Lipinski definition) is 0. The average molecular weight is 423 g/mol. The lowest BCUT2D eigenvalue weighted by molar-refractivity contribution is 0.102. The van der Waals surface area contributed by atoms with Gasteiger partial charge < -0.3 is 4.74 Å². The summed E-state index contributed by atoms with van der Waals surface area (Å²) in [6.07, 6.45) is 2.86. The molecule has 0 bridgehead atoms. The third-order valence-corrected chi connectivity index (χ3v) is 6.02. The highest BCUT2D eigenvalue weighted by Gasteiger charge is 2.34. The van der Waals surface area contributed by atoms with Crippen LogP contribution in [0.15, 0.2) is 84.4 Å². The Kier molecular flexibility index (Phi) is 5.75. The molecular formula is C25H20Cl2O2. The number of halogens is 2. The first kappa shape index (κ1) is 19.8. The largest absolute Gasteiger partial charge is 0.496 e. The lowest BCUT2D eigenvalue weighted by Gasteiger charge is -2.19. The zero-order chi connectivity index (χ0) is 20.4. The summed E-state index contributed by atoms with van der Waals surface area (Å²) in [6.45, 7) is 0. The molecule has 3 aromatic rings. The number of methoxy groups -OCH3 is 1. The van der Waals surface area contributed by atoms with Gasteiger partial charge in [-0.05, 0) is 42.3 Å². The van der Waals surface area contributed by atoms with Crippen LogP contribution < -0.4 is 4.74 Å². The molecule has 0 aromatic heterocycles. The molecule has 0 amide bonds. The Balaban J connectivity index is 1.79. The molecule has 29 heavy (non-hydrogen) atoms. The number of benzene rings is 3. The van der Waals surface area contributed by atoms with Gasteiger partial charge in [0.2, 0.25) is 0 Å². The van der Waals surface area contributed by atoms with Crippen LogP contribution in [0.2, 0.25) is 10.0 Å². The fraction of sp³-hybridized carbons (Fsp3) is 0.160. The van der Waals surface area contributed by atoms with E-state index >= 15 is 0 Å². The number of ketones is 1. The summed E-state index contributed by atoms with van der Waals surface area (Å²) in [5, 5.41) is 1.16. The molecule has 2 atom stereocenters. The number of carbonyl (C=O) groups is 1. The Labute approximate surface area is 180 Å². The van der Waals surface area contributed by atoms with Crippen molar-refractivity contribution in [2.45, 2.75) is 18.3 Å². The second kappa shape index (κ2) is 8.44. The van der Waals surface area contributed by atoms with Gasteiger partial charge >= 0.3 is 0 Å². The second-order valence-corrected chi connectivity index (χ2v) is 7.96. The summed E-state index contributed by atoms with van der Waals surface area (Å²) in [4.78, 5) is 13.5. The third-order valence-electron chi connectivity index (χ3n) is 5.44. The number of hydrogen-bond acceptors (Lipinski definition) is 2.